The van der Waals surface area contributed by atoms with E-state index in [4.69, 9.17) is 9.15 Å². The van der Waals surface area contributed by atoms with Gasteiger partial charge in [-0.25, -0.2) is 4.98 Å². The van der Waals surface area contributed by atoms with Crippen molar-refractivity contribution in [3.63, 3.8) is 0 Å². The monoisotopic (exact) mass is 686 g/mol. The third-order valence-electron chi connectivity index (χ3n) is 7.16. The van der Waals surface area contributed by atoms with Crippen LogP contribution in [0.15, 0.2) is 148 Å². The van der Waals surface area contributed by atoms with Gasteiger partial charge in [0.05, 0.1) is 19.1 Å². The lowest BCUT2D eigenvalue weighted by molar-refractivity contribution is -0.116. The van der Waals surface area contributed by atoms with E-state index in [1.807, 2.05) is 72.1 Å². The minimum atomic E-state index is -0.582. The molecule has 9 nitrogen and oxygen atoms in total. The molecule has 2 aromatic heterocycles. The van der Waals surface area contributed by atoms with E-state index in [1.165, 1.54) is 35.4 Å². The van der Waals surface area contributed by atoms with Crippen LogP contribution in [0.5, 0.6) is 5.75 Å². The molecule has 0 aliphatic heterocycles. The largest absolute Gasteiger partial charge is 0.497 e. The molecule has 244 valence electrons. The zero-order valence-corrected chi connectivity index (χ0v) is 27.8. The molecule has 6 aromatic rings. The molecule has 3 amide bonds. The van der Waals surface area contributed by atoms with Crippen molar-refractivity contribution in [1.29, 1.82) is 0 Å². The van der Waals surface area contributed by atoms with E-state index in [0.717, 1.165) is 27.5 Å². The van der Waals surface area contributed by atoms with Gasteiger partial charge < -0.3 is 25.1 Å². The maximum absolute atomic E-state index is 13.7. The molecule has 2 heterocycles. The van der Waals surface area contributed by atoms with Crippen LogP contribution in [0.25, 0.3) is 17.3 Å². The molecular weight excluding hydrogens is 657 g/mol. The average Bonchev–Trinajstić information content (AvgIpc) is 3.84. The Kier molecular flexibility index (Phi) is 10.6. The molecule has 3 N–H and O–H groups in total. The molecule has 11 heteroatoms. The van der Waals surface area contributed by atoms with Gasteiger partial charge in [-0.3, -0.25) is 14.4 Å². The van der Waals surface area contributed by atoms with E-state index >= 15 is 0 Å². The van der Waals surface area contributed by atoms with Crippen LogP contribution < -0.4 is 20.7 Å². The standard InChI is InChI=1S/C38H30N4O5S2/c1-46-29-15-8-14-27(22-29)33-24-48-38(41-33)42-37(45)34(25-10-4-2-5-11-25)49-31-19-17-28(18-20-31)39-36(44)32(23-30-16-9-21-47-30)40-35(43)26-12-6-3-7-13-26/h2-24,34H,1H3,(H,39,44)(H,40,43)(H,41,42,45)/b32-23-. The highest BCUT2D eigenvalue weighted by atomic mass is 32.2. The summed E-state index contributed by atoms with van der Waals surface area (Å²) in [5.74, 6) is -0.0474. The Morgan fingerprint density at radius 2 is 1.61 bits per heavy atom. The van der Waals surface area contributed by atoms with Gasteiger partial charge in [-0.05, 0) is 66.2 Å². The van der Waals surface area contributed by atoms with Gasteiger partial charge in [-0.15, -0.1) is 23.1 Å². The molecule has 0 aliphatic carbocycles. The number of amides is 3. The van der Waals surface area contributed by atoms with Gasteiger partial charge in [0, 0.05) is 33.2 Å². The molecule has 0 aliphatic rings. The summed E-state index contributed by atoms with van der Waals surface area (Å²) in [7, 11) is 1.61. The van der Waals surface area contributed by atoms with Gasteiger partial charge in [0.25, 0.3) is 11.8 Å². The fraction of sp³-hybridized carbons (Fsp3) is 0.0526. The van der Waals surface area contributed by atoms with Crippen molar-refractivity contribution in [2.75, 3.05) is 17.7 Å². The van der Waals surface area contributed by atoms with Crippen molar-refractivity contribution in [1.82, 2.24) is 10.3 Å². The maximum Gasteiger partial charge on any atom is 0.272 e. The van der Waals surface area contributed by atoms with E-state index in [9.17, 15) is 14.4 Å². The highest BCUT2D eigenvalue weighted by Gasteiger charge is 2.24. The maximum atomic E-state index is 13.7. The summed E-state index contributed by atoms with van der Waals surface area (Å²) in [6, 6.07) is 36.2. The third kappa shape index (κ3) is 8.72. The molecule has 0 saturated carbocycles. The molecule has 1 unspecified atom stereocenters. The van der Waals surface area contributed by atoms with Gasteiger partial charge >= 0.3 is 0 Å². The van der Waals surface area contributed by atoms with E-state index in [2.05, 4.69) is 20.9 Å². The summed E-state index contributed by atoms with van der Waals surface area (Å²) in [6.45, 7) is 0. The number of hydrogen-bond donors (Lipinski definition) is 3. The van der Waals surface area contributed by atoms with Crippen LogP contribution in [-0.2, 0) is 9.59 Å². The van der Waals surface area contributed by atoms with E-state index in [-0.39, 0.29) is 11.6 Å². The number of carbonyl (C=O) groups excluding carboxylic acids is 3. The van der Waals surface area contributed by atoms with Gasteiger partial charge in [-0.1, -0.05) is 60.7 Å². The summed E-state index contributed by atoms with van der Waals surface area (Å²) in [6.07, 6.45) is 2.95. The summed E-state index contributed by atoms with van der Waals surface area (Å²) in [5, 5.41) is 10.3. The van der Waals surface area contributed by atoms with Gasteiger partial charge in [0.1, 0.15) is 22.5 Å². The quantitative estimate of drug-likeness (QED) is 0.0875. The number of nitrogens with one attached hydrogen (secondary N) is 3. The van der Waals surface area contributed by atoms with E-state index in [0.29, 0.717) is 22.1 Å². The van der Waals surface area contributed by atoms with Crippen LogP contribution in [0.3, 0.4) is 0 Å². The second kappa shape index (κ2) is 15.8. The minimum Gasteiger partial charge on any atom is -0.497 e. The summed E-state index contributed by atoms with van der Waals surface area (Å²) < 4.78 is 10.7. The van der Waals surface area contributed by atoms with Crippen molar-refractivity contribution >= 4 is 57.7 Å². The number of thioether (sulfide) groups is 1. The zero-order valence-electron chi connectivity index (χ0n) is 26.2. The van der Waals surface area contributed by atoms with Crippen molar-refractivity contribution in [2.45, 2.75) is 10.1 Å². The number of carbonyl (C=O) groups is 3. The summed E-state index contributed by atoms with van der Waals surface area (Å²) in [4.78, 5) is 45.3. The molecular formula is C38H30N4O5S2. The van der Waals surface area contributed by atoms with Crippen molar-refractivity contribution < 1.29 is 23.5 Å². The third-order valence-corrected chi connectivity index (χ3v) is 9.19. The van der Waals surface area contributed by atoms with E-state index < -0.39 is 17.1 Å². The smallest absolute Gasteiger partial charge is 0.272 e. The fourth-order valence-electron chi connectivity index (χ4n) is 4.73. The first-order chi connectivity index (χ1) is 23.9. The predicted molar refractivity (Wildman–Crippen MR) is 193 cm³/mol. The molecule has 0 radical (unpaired) electrons. The first-order valence-corrected chi connectivity index (χ1v) is 16.9. The Morgan fingerprint density at radius 1 is 0.857 bits per heavy atom. The second-order valence-electron chi connectivity index (χ2n) is 10.5. The number of aromatic nitrogens is 1. The highest BCUT2D eigenvalue weighted by Crippen LogP contribution is 2.37. The van der Waals surface area contributed by atoms with Crippen LogP contribution >= 0.6 is 23.1 Å². The van der Waals surface area contributed by atoms with Crippen LogP contribution in [0.4, 0.5) is 10.8 Å². The molecule has 0 saturated heterocycles. The first-order valence-electron chi connectivity index (χ1n) is 15.1. The Hall–Kier alpha value is -5.91. The van der Waals surface area contributed by atoms with Gasteiger partial charge in [0.2, 0.25) is 5.91 Å². The second-order valence-corrected chi connectivity index (χ2v) is 12.6. The number of benzene rings is 4. The highest BCUT2D eigenvalue weighted by molar-refractivity contribution is 8.00. The van der Waals surface area contributed by atoms with Crippen molar-refractivity contribution in [3.05, 3.63) is 156 Å². The van der Waals surface area contributed by atoms with Gasteiger partial charge in [0.15, 0.2) is 5.13 Å². The predicted octanol–water partition coefficient (Wildman–Crippen LogP) is 8.29. The van der Waals surface area contributed by atoms with Crippen LogP contribution in [0.1, 0.15) is 26.9 Å². The minimum absolute atomic E-state index is 0.0137. The number of anilines is 2. The number of rotatable bonds is 12. The van der Waals surface area contributed by atoms with Crippen molar-refractivity contribution in [2.24, 2.45) is 0 Å². The molecule has 0 spiro atoms. The Balaban J connectivity index is 1.15. The number of nitrogens with zero attached hydrogens (tertiary/aromatic N) is 1. The number of furan rings is 1. The summed E-state index contributed by atoms with van der Waals surface area (Å²) >= 11 is 2.72. The average molecular weight is 687 g/mol. The molecule has 0 fully saturated rings. The number of methoxy groups -OCH3 is 1. The Bertz CT molecular complexity index is 2060. The van der Waals surface area contributed by atoms with Crippen LogP contribution in [0, 0.1) is 0 Å². The zero-order chi connectivity index (χ0) is 34.0. The van der Waals surface area contributed by atoms with Crippen LogP contribution in [0.2, 0.25) is 0 Å². The summed E-state index contributed by atoms with van der Waals surface area (Å²) in [5.41, 5.74) is 3.38. The Labute approximate surface area is 291 Å². The molecule has 6 rings (SSSR count). The van der Waals surface area contributed by atoms with E-state index in [1.54, 1.807) is 61.7 Å². The number of ether oxygens (including phenoxy) is 1. The Morgan fingerprint density at radius 3 is 2.33 bits per heavy atom. The topological polar surface area (TPSA) is 123 Å². The van der Waals surface area contributed by atoms with Crippen LogP contribution in [-0.4, -0.2) is 29.8 Å². The van der Waals surface area contributed by atoms with Gasteiger partial charge in [-0.2, -0.15) is 0 Å². The SMILES string of the molecule is COc1cccc(-c2csc(NC(=O)C(Sc3ccc(NC(=O)/C(=C/c4ccco4)NC(=O)c4ccccc4)cc3)c3ccccc3)n2)c1. The number of thiazole rings is 1. The lowest BCUT2D eigenvalue weighted by Crippen LogP contribution is -2.30. The molecule has 0 bridgehead atoms. The first kappa shape index (κ1) is 33.0. The molecule has 1 atom stereocenters. The lowest BCUT2D eigenvalue weighted by Gasteiger charge is -2.16. The fourth-order valence-corrected chi connectivity index (χ4v) is 6.47. The normalized spacial score (nSPS) is 11.7. The molecule has 4 aromatic carbocycles. The number of hydrogen-bond acceptors (Lipinski definition) is 8. The lowest BCUT2D eigenvalue weighted by atomic mass is 10.1. The van der Waals surface area contributed by atoms with Crippen molar-refractivity contribution in [3.8, 4) is 17.0 Å². The molecule has 49 heavy (non-hydrogen) atoms.